The number of hydrogen-bond acceptors (Lipinski definition) is 3. The van der Waals surface area contributed by atoms with Crippen LogP contribution in [-0.2, 0) is 11.2 Å². The van der Waals surface area contributed by atoms with Gasteiger partial charge in [0.2, 0.25) is 0 Å². The van der Waals surface area contributed by atoms with Gasteiger partial charge in [-0.25, -0.2) is 4.98 Å². The van der Waals surface area contributed by atoms with Crippen LogP contribution in [0.4, 0.5) is 0 Å². The Kier molecular flexibility index (Phi) is 3.18. The Hall–Kier alpha value is -1.86. The van der Waals surface area contributed by atoms with E-state index < -0.39 is 0 Å². The minimum atomic E-state index is 0.608. The molecule has 0 saturated carbocycles. The van der Waals surface area contributed by atoms with Gasteiger partial charge < -0.3 is 9.72 Å². The Balaban J connectivity index is 2.26. The van der Waals surface area contributed by atoms with Crippen LogP contribution in [0.2, 0.25) is 0 Å². The largest absolute Gasteiger partial charge is 0.381 e. The molecule has 1 aromatic carbocycles. The van der Waals surface area contributed by atoms with Gasteiger partial charge in [-0.2, -0.15) is 5.26 Å². The van der Waals surface area contributed by atoms with Crippen molar-refractivity contribution in [1.29, 1.82) is 5.26 Å². The lowest BCUT2D eigenvalue weighted by Crippen LogP contribution is -1.99. The summed E-state index contributed by atoms with van der Waals surface area (Å²) >= 11 is 0. The van der Waals surface area contributed by atoms with Crippen LogP contribution in [0.25, 0.3) is 11.0 Å². The predicted molar refractivity (Wildman–Crippen MR) is 61.0 cm³/mol. The normalized spacial score (nSPS) is 10.5. The highest BCUT2D eigenvalue weighted by Gasteiger charge is 2.06. The van der Waals surface area contributed by atoms with E-state index in [-0.39, 0.29) is 0 Å². The fraction of sp³-hybridized carbons (Fsp3) is 0.333. The monoisotopic (exact) mass is 215 g/mol. The summed E-state index contributed by atoms with van der Waals surface area (Å²) in [6, 6.07) is 7.69. The first-order valence-corrected chi connectivity index (χ1v) is 5.30. The van der Waals surface area contributed by atoms with E-state index in [1.165, 1.54) is 0 Å². The molecule has 1 heterocycles. The van der Waals surface area contributed by atoms with E-state index in [9.17, 15) is 0 Å². The van der Waals surface area contributed by atoms with Crippen molar-refractivity contribution >= 4 is 11.0 Å². The zero-order valence-electron chi connectivity index (χ0n) is 9.16. The maximum absolute atomic E-state index is 8.93. The van der Waals surface area contributed by atoms with Gasteiger partial charge in [0, 0.05) is 13.0 Å². The molecule has 0 radical (unpaired) electrons. The van der Waals surface area contributed by atoms with E-state index in [0.717, 1.165) is 23.3 Å². The minimum Gasteiger partial charge on any atom is -0.381 e. The predicted octanol–water partition coefficient (Wildman–Crippen LogP) is 2.01. The smallest absolute Gasteiger partial charge is 0.109 e. The molecule has 4 nitrogen and oxygen atoms in total. The lowest BCUT2D eigenvalue weighted by molar-refractivity contribution is 0.149. The van der Waals surface area contributed by atoms with Crippen molar-refractivity contribution in [2.45, 2.75) is 13.3 Å². The third-order valence-corrected chi connectivity index (χ3v) is 2.37. The summed E-state index contributed by atoms with van der Waals surface area (Å²) in [6.07, 6.45) is 0.743. The molecule has 1 N–H and O–H groups in total. The highest BCUT2D eigenvalue weighted by molar-refractivity contribution is 5.81. The summed E-state index contributed by atoms with van der Waals surface area (Å²) in [5.41, 5.74) is 2.26. The summed E-state index contributed by atoms with van der Waals surface area (Å²) < 4.78 is 5.26. The first kappa shape index (κ1) is 10.7. The number of nitrogens with one attached hydrogen (secondary N) is 1. The van der Waals surface area contributed by atoms with Crippen LogP contribution in [0, 0.1) is 11.3 Å². The highest BCUT2D eigenvalue weighted by atomic mass is 16.5. The Labute approximate surface area is 93.9 Å². The average Bonchev–Trinajstić information content (AvgIpc) is 2.71. The Bertz CT molecular complexity index is 525. The Morgan fingerprint density at radius 2 is 2.38 bits per heavy atom. The number of para-hydroxylation sites is 1. The van der Waals surface area contributed by atoms with Crippen molar-refractivity contribution in [3.8, 4) is 6.07 Å². The van der Waals surface area contributed by atoms with Crippen LogP contribution >= 0.6 is 0 Å². The first-order chi connectivity index (χ1) is 7.85. The van der Waals surface area contributed by atoms with E-state index in [1.807, 2.05) is 19.1 Å². The molecule has 0 bridgehead atoms. The number of rotatable bonds is 4. The van der Waals surface area contributed by atoms with E-state index in [0.29, 0.717) is 18.8 Å². The molecule has 4 heteroatoms. The topological polar surface area (TPSA) is 61.7 Å². The number of H-pyrrole nitrogens is 1. The number of aromatic amines is 1. The van der Waals surface area contributed by atoms with Crippen molar-refractivity contribution < 1.29 is 4.74 Å². The molecule has 0 aliphatic rings. The van der Waals surface area contributed by atoms with Gasteiger partial charge in [-0.15, -0.1) is 0 Å². The van der Waals surface area contributed by atoms with E-state index in [2.05, 4.69) is 16.0 Å². The number of ether oxygens (including phenoxy) is 1. The molecule has 0 amide bonds. The molecular formula is C12H13N3O. The quantitative estimate of drug-likeness (QED) is 0.793. The van der Waals surface area contributed by atoms with Gasteiger partial charge in [0.25, 0.3) is 0 Å². The molecule has 2 rings (SSSR count). The molecule has 0 aliphatic carbocycles. The molecular weight excluding hydrogens is 202 g/mol. The van der Waals surface area contributed by atoms with Crippen molar-refractivity contribution in [3.63, 3.8) is 0 Å². The van der Waals surface area contributed by atoms with Crippen molar-refractivity contribution in [3.05, 3.63) is 29.6 Å². The van der Waals surface area contributed by atoms with Crippen LogP contribution in [0.5, 0.6) is 0 Å². The second-order valence-corrected chi connectivity index (χ2v) is 3.44. The lowest BCUT2D eigenvalue weighted by Gasteiger charge is -1.96. The molecule has 0 spiro atoms. The van der Waals surface area contributed by atoms with Gasteiger partial charge >= 0.3 is 0 Å². The number of benzene rings is 1. The Morgan fingerprint density at radius 3 is 3.12 bits per heavy atom. The van der Waals surface area contributed by atoms with Gasteiger partial charge in [-0.05, 0) is 19.1 Å². The third-order valence-electron chi connectivity index (χ3n) is 2.37. The zero-order chi connectivity index (χ0) is 11.4. The van der Waals surface area contributed by atoms with Gasteiger partial charge in [0.15, 0.2) is 0 Å². The molecule has 0 atom stereocenters. The average molecular weight is 215 g/mol. The second-order valence-electron chi connectivity index (χ2n) is 3.44. The number of imidazole rings is 1. The summed E-state index contributed by atoms with van der Waals surface area (Å²) in [6.45, 7) is 3.33. The number of hydrogen-bond donors (Lipinski definition) is 1. The molecule has 1 aromatic heterocycles. The van der Waals surface area contributed by atoms with Gasteiger partial charge in [0.05, 0.1) is 17.7 Å². The summed E-state index contributed by atoms with van der Waals surface area (Å²) in [5, 5.41) is 8.93. The number of aromatic nitrogens is 2. The fourth-order valence-electron chi connectivity index (χ4n) is 1.60. The molecule has 0 unspecified atom stereocenters. The van der Waals surface area contributed by atoms with E-state index in [1.54, 1.807) is 6.07 Å². The van der Waals surface area contributed by atoms with Crippen LogP contribution in [0.3, 0.4) is 0 Å². The van der Waals surface area contributed by atoms with Crippen molar-refractivity contribution in [1.82, 2.24) is 9.97 Å². The van der Waals surface area contributed by atoms with E-state index >= 15 is 0 Å². The summed E-state index contributed by atoms with van der Waals surface area (Å²) in [7, 11) is 0. The number of nitriles is 1. The molecule has 0 saturated heterocycles. The van der Waals surface area contributed by atoms with Crippen LogP contribution in [-0.4, -0.2) is 23.2 Å². The molecule has 16 heavy (non-hydrogen) atoms. The Morgan fingerprint density at radius 1 is 1.50 bits per heavy atom. The number of nitrogens with zero attached hydrogens (tertiary/aromatic N) is 2. The molecule has 0 fully saturated rings. The number of fused-ring (bicyclic) bond motifs is 1. The first-order valence-electron chi connectivity index (χ1n) is 5.30. The van der Waals surface area contributed by atoms with Crippen LogP contribution < -0.4 is 0 Å². The lowest BCUT2D eigenvalue weighted by atomic mass is 10.2. The van der Waals surface area contributed by atoms with Gasteiger partial charge in [0.1, 0.15) is 17.4 Å². The molecule has 0 aliphatic heterocycles. The zero-order valence-corrected chi connectivity index (χ0v) is 9.16. The SMILES string of the molecule is CCOCCc1nc2c(C#N)cccc2[nH]1. The molecule has 2 aromatic rings. The third kappa shape index (κ3) is 2.05. The maximum Gasteiger partial charge on any atom is 0.109 e. The van der Waals surface area contributed by atoms with Gasteiger partial charge in [-0.3, -0.25) is 0 Å². The summed E-state index contributed by atoms with van der Waals surface area (Å²) in [4.78, 5) is 7.58. The van der Waals surface area contributed by atoms with Crippen LogP contribution in [0.15, 0.2) is 18.2 Å². The summed E-state index contributed by atoms with van der Waals surface area (Å²) in [5.74, 6) is 0.867. The van der Waals surface area contributed by atoms with E-state index in [4.69, 9.17) is 10.00 Å². The maximum atomic E-state index is 8.93. The van der Waals surface area contributed by atoms with Crippen molar-refractivity contribution in [2.24, 2.45) is 0 Å². The van der Waals surface area contributed by atoms with Crippen LogP contribution in [0.1, 0.15) is 18.3 Å². The molecule has 82 valence electrons. The minimum absolute atomic E-state index is 0.608. The highest BCUT2D eigenvalue weighted by Crippen LogP contribution is 2.15. The van der Waals surface area contributed by atoms with Gasteiger partial charge in [-0.1, -0.05) is 6.07 Å². The fourth-order valence-corrected chi connectivity index (χ4v) is 1.60. The standard InChI is InChI=1S/C12H13N3O/c1-2-16-7-6-11-14-10-5-3-4-9(8-13)12(10)15-11/h3-5H,2,6-7H2,1H3,(H,14,15). The van der Waals surface area contributed by atoms with Crippen molar-refractivity contribution in [2.75, 3.05) is 13.2 Å². The second kappa shape index (κ2) is 4.77.